The summed E-state index contributed by atoms with van der Waals surface area (Å²) >= 11 is 0. The molecule has 2 fully saturated rings. The first-order valence-corrected chi connectivity index (χ1v) is 10.3. The van der Waals surface area contributed by atoms with E-state index in [1.165, 1.54) is 6.42 Å². The SMILES string of the molecule is O=C(Nc1cccnc1)[C@@H]1C2CCC(C2)N1Cc1ccco1.O=C(O)C(F)(F)F.O=C(O)C(F)(F)F. The zero-order valence-corrected chi connectivity index (χ0v) is 18.3. The van der Waals surface area contributed by atoms with Crippen LogP contribution in [0, 0.1) is 5.92 Å². The maximum Gasteiger partial charge on any atom is 0.490 e. The van der Waals surface area contributed by atoms with Crippen LogP contribution in [-0.2, 0) is 20.9 Å². The zero-order valence-electron chi connectivity index (χ0n) is 18.3. The second-order valence-corrected chi connectivity index (χ2v) is 7.76. The first-order chi connectivity index (χ1) is 16.7. The number of nitrogens with one attached hydrogen (secondary N) is 1. The second kappa shape index (κ2) is 11.9. The number of rotatable bonds is 4. The largest absolute Gasteiger partial charge is 0.490 e. The van der Waals surface area contributed by atoms with Crippen molar-refractivity contribution >= 4 is 23.5 Å². The van der Waals surface area contributed by atoms with Gasteiger partial charge in [-0.3, -0.25) is 14.7 Å². The number of amides is 1. The van der Waals surface area contributed by atoms with Gasteiger partial charge in [0.15, 0.2) is 0 Å². The number of alkyl halides is 6. The third-order valence-electron chi connectivity index (χ3n) is 5.32. The number of carboxylic acid groups (broad SMARTS) is 2. The first-order valence-electron chi connectivity index (χ1n) is 10.3. The molecule has 1 amide bonds. The molecule has 3 N–H and O–H groups in total. The van der Waals surface area contributed by atoms with Gasteiger partial charge in [0.05, 0.1) is 30.7 Å². The van der Waals surface area contributed by atoms with E-state index in [2.05, 4.69) is 15.2 Å². The number of aromatic nitrogens is 1. The Morgan fingerprint density at radius 3 is 2.11 bits per heavy atom. The van der Waals surface area contributed by atoms with Gasteiger partial charge in [0, 0.05) is 12.2 Å². The van der Waals surface area contributed by atoms with Crippen molar-refractivity contribution in [3.63, 3.8) is 0 Å². The first kappa shape index (κ1) is 28.6. The molecule has 3 atom stereocenters. The Hall–Kier alpha value is -3.62. The maximum absolute atomic E-state index is 12.7. The third-order valence-corrected chi connectivity index (χ3v) is 5.32. The van der Waals surface area contributed by atoms with Gasteiger partial charge in [-0.15, -0.1) is 0 Å². The van der Waals surface area contributed by atoms with E-state index in [1.807, 2.05) is 24.3 Å². The standard InChI is InChI=1S/C17H19N3O2.2C2HF3O2/c21-17(19-13-3-1-7-18-10-13)16-12-5-6-14(9-12)20(16)11-15-4-2-8-22-15;2*3-2(4,5)1(6)7/h1-4,7-8,10,12,14,16H,5-6,9,11H2,(H,19,21);2*(H,6,7)/t12?,14?,16-;;/m0../s1. The van der Waals surface area contributed by atoms with Crippen LogP contribution >= 0.6 is 0 Å². The van der Waals surface area contributed by atoms with Crippen molar-refractivity contribution in [2.45, 2.75) is 50.2 Å². The molecule has 0 spiro atoms. The van der Waals surface area contributed by atoms with E-state index in [1.54, 1.807) is 18.7 Å². The lowest BCUT2D eigenvalue weighted by Gasteiger charge is -2.33. The maximum atomic E-state index is 12.7. The number of furan rings is 1. The van der Waals surface area contributed by atoms with Gasteiger partial charge in [-0.1, -0.05) is 0 Å². The van der Waals surface area contributed by atoms with E-state index in [4.69, 9.17) is 24.2 Å². The Balaban J connectivity index is 0.000000271. The van der Waals surface area contributed by atoms with Crippen LogP contribution in [0.5, 0.6) is 0 Å². The molecule has 2 bridgehead atoms. The predicted molar refractivity (Wildman–Crippen MR) is 109 cm³/mol. The summed E-state index contributed by atoms with van der Waals surface area (Å²) in [4.78, 5) is 36.9. The van der Waals surface area contributed by atoms with Crippen molar-refractivity contribution in [3.05, 3.63) is 48.7 Å². The highest BCUT2D eigenvalue weighted by molar-refractivity contribution is 5.95. The fourth-order valence-corrected chi connectivity index (χ4v) is 3.91. The average Bonchev–Trinajstić information content (AvgIpc) is 3.52. The number of carbonyl (C=O) groups is 3. The monoisotopic (exact) mass is 525 g/mol. The van der Waals surface area contributed by atoms with Crippen LogP contribution < -0.4 is 5.32 Å². The highest BCUT2D eigenvalue weighted by Gasteiger charge is 2.49. The minimum atomic E-state index is -5.08. The Bertz CT molecular complexity index is 989. The molecule has 15 heteroatoms. The minimum absolute atomic E-state index is 0.0657. The lowest BCUT2D eigenvalue weighted by Crippen LogP contribution is -2.47. The zero-order chi connectivity index (χ0) is 27.1. The van der Waals surface area contributed by atoms with E-state index in [0.717, 1.165) is 24.3 Å². The van der Waals surface area contributed by atoms with Gasteiger partial charge in [0.25, 0.3) is 0 Å². The molecule has 2 unspecified atom stereocenters. The summed E-state index contributed by atoms with van der Waals surface area (Å²) < 4.78 is 68.9. The minimum Gasteiger partial charge on any atom is -0.475 e. The van der Waals surface area contributed by atoms with Crippen molar-refractivity contribution in [2.24, 2.45) is 5.92 Å². The van der Waals surface area contributed by atoms with Crippen molar-refractivity contribution in [3.8, 4) is 0 Å². The molecule has 0 aromatic carbocycles. The highest BCUT2D eigenvalue weighted by Crippen LogP contribution is 2.43. The van der Waals surface area contributed by atoms with Crippen LogP contribution in [0.3, 0.4) is 0 Å². The molecule has 9 nitrogen and oxygen atoms in total. The summed E-state index contributed by atoms with van der Waals surface area (Å²) in [5.74, 6) is -4.06. The number of carboxylic acids is 2. The van der Waals surface area contributed by atoms with Crippen molar-refractivity contribution in [2.75, 3.05) is 5.32 Å². The van der Waals surface area contributed by atoms with Crippen molar-refractivity contribution in [1.29, 1.82) is 0 Å². The molecule has 0 radical (unpaired) electrons. The molecular formula is C21H21F6N3O6. The van der Waals surface area contributed by atoms with E-state index < -0.39 is 24.3 Å². The van der Waals surface area contributed by atoms with Gasteiger partial charge in [-0.2, -0.15) is 26.3 Å². The summed E-state index contributed by atoms with van der Waals surface area (Å²) in [7, 11) is 0. The van der Waals surface area contributed by atoms with E-state index in [-0.39, 0.29) is 11.9 Å². The van der Waals surface area contributed by atoms with Gasteiger partial charge in [0.2, 0.25) is 5.91 Å². The highest BCUT2D eigenvalue weighted by atomic mass is 19.4. The molecule has 2 aliphatic rings. The average molecular weight is 525 g/mol. The molecule has 2 aromatic rings. The number of halogens is 6. The quantitative estimate of drug-likeness (QED) is 0.512. The van der Waals surface area contributed by atoms with Crippen molar-refractivity contribution in [1.82, 2.24) is 9.88 Å². The summed E-state index contributed by atoms with van der Waals surface area (Å²) in [5.41, 5.74) is 0.758. The normalized spacial score (nSPS) is 21.0. The van der Waals surface area contributed by atoms with Crippen LogP contribution in [0.4, 0.5) is 32.0 Å². The number of nitrogens with zero attached hydrogens (tertiary/aromatic N) is 2. The van der Waals surface area contributed by atoms with Crippen LogP contribution in [0.15, 0.2) is 47.3 Å². The molecule has 4 rings (SSSR count). The molecule has 1 aliphatic heterocycles. The van der Waals surface area contributed by atoms with Crippen LogP contribution in [0.2, 0.25) is 0 Å². The Labute approximate surface area is 199 Å². The van der Waals surface area contributed by atoms with Crippen LogP contribution in [-0.4, -0.2) is 62.4 Å². The van der Waals surface area contributed by atoms with Gasteiger partial charge < -0.3 is 19.9 Å². The smallest absolute Gasteiger partial charge is 0.475 e. The second-order valence-electron chi connectivity index (χ2n) is 7.76. The number of hydrogen-bond acceptors (Lipinski definition) is 6. The van der Waals surface area contributed by atoms with Gasteiger partial charge >= 0.3 is 24.3 Å². The number of anilines is 1. The lowest BCUT2D eigenvalue weighted by molar-refractivity contribution is -0.193. The summed E-state index contributed by atoms with van der Waals surface area (Å²) in [6.07, 6.45) is -1.65. The van der Waals surface area contributed by atoms with Gasteiger partial charge in [-0.25, -0.2) is 9.59 Å². The fourth-order valence-electron chi connectivity index (χ4n) is 3.91. The number of fused-ring (bicyclic) bond motifs is 2. The fraction of sp³-hybridized carbons (Fsp3) is 0.429. The number of pyridine rings is 1. The topological polar surface area (TPSA) is 133 Å². The van der Waals surface area contributed by atoms with E-state index in [9.17, 15) is 31.1 Å². The molecule has 1 saturated carbocycles. The molecule has 198 valence electrons. The van der Waals surface area contributed by atoms with E-state index >= 15 is 0 Å². The lowest BCUT2D eigenvalue weighted by atomic mass is 9.97. The summed E-state index contributed by atoms with van der Waals surface area (Å²) in [6.45, 7) is 0.708. The number of aliphatic carboxylic acids is 2. The number of likely N-dealkylation sites (tertiary alicyclic amines) is 1. The molecule has 36 heavy (non-hydrogen) atoms. The number of carbonyl (C=O) groups excluding carboxylic acids is 1. The van der Waals surface area contributed by atoms with Gasteiger partial charge in [-0.05, 0) is 49.4 Å². The molecule has 3 heterocycles. The number of piperidine rings is 1. The van der Waals surface area contributed by atoms with Crippen molar-refractivity contribution < 1.29 is 55.4 Å². The van der Waals surface area contributed by atoms with E-state index in [0.29, 0.717) is 18.5 Å². The van der Waals surface area contributed by atoms with Gasteiger partial charge in [0.1, 0.15) is 5.76 Å². The Morgan fingerprint density at radius 1 is 1.03 bits per heavy atom. The molecular weight excluding hydrogens is 504 g/mol. The summed E-state index contributed by atoms with van der Waals surface area (Å²) in [5, 5.41) is 17.3. The third kappa shape index (κ3) is 8.25. The molecule has 1 aliphatic carbocycles. The Kier molecular flexibility index (Phi) is 9.44. The van der Waals surface area contributed by atoms with Crippen LogP contribution in [0.1, 0.15) is 25.0 Å². The molecule has 1 saturated heterocycles. The number of hydrogen-bond donors (Lipinski definition) is 3. The predicted octanol–water partition coefficient (Wildman–Crippen LogP) is 3.93. The molecule has 2 aromatic heterocycles. The Morgan fingerprint density at radius 2 is 1.64 bits per heavy atom. The summed E-state index contributed by atoms with van der Waals surface area (Å²) in [6, 6.07) is 8.01. The van der Waals surface area contributed by atoms with Crippen LogP contribution in [0.25, 0.3) is 0 Å².